The largest absolute Gasteiger partial charge is 0.491 e. The Morgan fingerprint density at radius 3 is 2.64 bits per heavy atom. The van der Waals surface area contributed by atoms with Crippen LogP contribution >= 0.6 is 0 Å². The van der Waals surface area contributed by atoms with Gasteiger partial charge >= 0.3 is 0 Å². The Labute approximate surface area is 191 Å². The second-order valence-corrected chi connectivity index (χ2v) is 8.19. The van der Waals surface area contributed by atoms with Crippen molar-refractivity contribution in [1.29, 1.82) is 0 Å². The predicted octanol–water partition coefficient (Wildman–Crippen LogP) is 5.27. The van der Waals surface area contributed by atoms with Crippen molar-refractivity contribution in [2.24, 2.45) is 0 Å². The van der Waals surface area contributed by atoms with E-state index in [0.29, 0.717) is 12.2 Å². The molecule has 0 spiro atoms. The zero-order valence-corrected chi connectivity index (χ0v) is 18.5. The highest BCUT2D eigenvalue weighted by Gasteiger charge is 2.13. The van der Waals surface area contributed by atoms with Crippen LogP contribution in [0, 0.1) is 0 Å². The number of nitrogens with zero attached hydrogens (tertiary/aromatic N) is 3. The molecule has 6 heteroatoms. The van der Waals surface area contributed by atoms with E-state index in [9.17, 15) is 4.79 Å². The number of imidazole rings is 1. The minimum absolute atomic E-state index is 0.127. The normalized spacial score (nSPS) is 11.2. The summed E-state index contributed by atoms with van der Waals surface area (Å²) >= 11 is 0. The lowest BCUT2D eigenvalue weighted by molar-refractivity contribution is 0.0945. The zero-order valence-electron chi connectivity index (χ0n) is 18.5. The number of carbonyl (C=O) groups is 1. The fourth-order valence-electron chi connectivity index (χ4n) is 3.81. The summed E-state index contributed by atoms with van der Waals surface area (Å²) in [4.78, 5) is 21.7. The summed E-state index contributed by atoms with van der Waals surface area (Å²) in [5, 5.41) is 4.06. The maximum Gasteiger partial charge on any atom is 0.270 e. The number of benzene rings is 2. The molecule has 2 aromatic carbocycles. The minimum Gasteiger partial charge on any atom is -0.491 e. The van der Waals surface area contributed by atoms with Crippen molar-refractivity contribution < 1.29 is 9.53 Å². The Morgan fingerprint density at radius 2 is 1.82 bits per heavy atom. The summed E-state index contributed by atoms with van der Waals surface area (Å²) in [6, 6.07) is 21.8. The van der Waals surface area contributed by atoms with Gasteiger partial charge in [-0.3, -0.25) is 14.2 Å². The van der Waals surface area contributed by atoms with Crippen molar-refractivity contribution in [2.75, 3.05) is 0 Å². The van der Waals surface area contributed by atoms with E-state index in [1.54, 1.807) is 12.4 Å². The molecule has 0 unspecified atom stereocenters. The van der Waals surface area contributed by atoms with E-state index in [-0.39, 0.29) is 12.0 Å². The monoisotopic (exact) mass is 436 g/mol. The van der Waals surface area contributed by atoms with Gasteiger partial charge in [0.15, 0.2) is 0 Å². The minimum atomic E-state index is -0.176. The van der Waals surface area contributed by atoms with Gasteiger partial charge in [-0.15, -0.1) is 0 Å². The molecule has 1 N–H and O–H groups in total. The fraction of sp³-hybridized carbons (Fsp3) is 0.148. The molecule has 1 amide bonds. The molecule has 5 rings (SSSR count). The molecule has 6 nitrogen and oxygen atoms in total. The van der Waals surface area contributed by atoms with Crippen LogP contribution in [-0.4, -0.2) is 26.4 Å². The van der Waals surface area contributed by atoms with Gasteiger partial charge < -0.3 is 10.1 Å². The van der Waals surface area contributed by atoms with Crippen LogP contribution in [0.15, 0.2) is 85.3 Å². The molecule has 0 saturated carbocycles. The van der Waals surface area contributed by atoms with E-state index in [2.05, 4.69) is 21.4 Å². The molecule has 0 aliphatic heterocycles. The number of carbonyl (C=O) groups excluding carboxylic acids is 1. The molecule has 5 aromatic rings. The lowest BCUT2D eigenvalue weighted by Crippen LogP contribution is -2.24. The quantitative estimate of drug-likeness (QED) is 0.394. The Kier molecular flexibility index (Phi) is 5.48. The summed E-state index contributed by atoms with van der Waals surface area (Å²) in [5.74, 6) is 0.642. The average molecular weight is 437 g/mol. The Balaban J connectivity index is 1.36. The third-order valence-corrected chi connectivity index (χ3v) is 5.42. The van der Waals surface area contributed by atoms with Crippen LogP contribution in [0.3, 0.4) is 0 Å². The first kappa shape index (κ1) is 20.7. The first-order valence-electron chi connectivity index (χ1n) is 10.9. The first-order chi connectivity index (χ1) is 16.1. The standard InChI is InChI=1S/C27H24N4O2/c1-18(2)33-23-9-5-19(6-10-23)15-30-27(32)25-16-29-26-12-8-22(17-31(25)26)20-7-11-24-21(14-20)4-3-13-28-24/h3-14,16-18H,15H2,1-2H3,(H,30,32). The van der Waals surface area contributed by atoms with E-state index in [0.717, 1.165) is 39.0 Å². The lowest BCUT2D eigenvalue weighted by Gasteiger charge is -2.10. The second-order valence-electron chi connectivity index (χ2n) is 8.19. The van der Waals surface area contributed by atoms with Gasteiger partial charge in [0, 0.05) is 24.3 Å². The van der Waals surface area contributed by atoms with Crippen molar-refractivity contribution in [3.63, 3.8) is 0 Å². The van der Waals surface area contributed by atoms with Gasteiger partial charge in [-0.25, -0.2) is 4.98 Å². The molecule has 164 valence electrons. The van der Waals surface area contributed by atoms with Gasteiger partial charge in [-0.05, 0) is 73.0 Å². The molecular weight excluding hydrogens is 412 g/mol. The fourth-order valence-corrected chi connectivity index (χ4v) is 3.81. The number of nitrogens with one attached hydrogen (secondary N) is 1. The Bertz CT molecular complexity index is 1440. The number of aromatic nitrogens is 3. The van der Waals surface area contributed by atoms with Crippen LogP contribution < -0.4 is 10.1 Å². The highest BCUT2D eigenvalue weighted by Crippen LogP contribution is 2.24. The molecule has 0 fully saturated rings. The number of hydrogen-bond donors (Lipinski definition) is 1. The smallest absolute Gasteiger partial charge is 0.270 e. The molecule has 0 radical (unpaired) electrons. The topological polar surface area (TPSA) is 68.5 Å². The maximum atomic E-state index is 12.9. The summed E-state index contributed by atoms with van der Waals surface area (Å²) in [7, 11) is 0. The van der Waals surface area contributed by atoms with Crippen molar-refractivity contribution in [2.45, 2.75) is 26.5 Å². The third-order valence-electron chi connectivity index (χ3n) is 5.42. The second kappa shape index (κ2) is 8.74. The van der Waals surface area contributed by atoms with Crippen molar-refractivity contribution in [3.8, 4) is 16.9 Å². The highest BCUT2D eigenvalue weighted by molar-refractivity contribution is 5.93. The van der Waals surface area contributed by atoms with Crippen molar-refractivity contribution in [1.82, 2.24) is 19.7 Å². The molecular formula is C27H24N4O2. The predicted molar refractivity (Wildman–Crippen MR) is 129 cm³/mol. The maximum absolute atomic E-state index is 12.9. The molecule has 3 aromatic heterocycles. The molecule has 33 heavy (non-hydrogen) atoms. The van der Waals surface area contributed by atoms with Gasteiger partial charge in [0.25, 0.3) is 5.91 Å². The number of pyridine rings is 2. The van der Waals surface area contributed by atoms with E-state index in [1.807, 2.05) is 85.1 Å². The first-order valence-corrected chi connectivity index (χ1v) is 10.9. The van der Waals surface area contributed by atoms with E-state index in [4.69, 9.17) is 4.74 Å². The molecule has 0 bridgehead atoms. The number of ether oxygens (including phenoxy) is 1. The van der Waals surface area contributed by atoms with Crippen LogP contribution in [0.25, 0.3) is 27.7 Å². The molecule has 3 heterocycles. The zero-order chi connectivity index (χ0) is 22.8. The SMILES string of the molecule is CC(C)Oc1ccc(CNC(=O)c2cnc3ccc(-c4ccc5ncccc5c4)cn23)cc1. The molecule has 0 aliphatic carbocycles. The van der Waals surface area contributed by atoms with E-state index >= 15 is 0 Å². The molecule has 0 atom stereocenters. The molecule has 0 saturated heterocycles. The number of fused-ring (bicyclic) bond motifs is 2. The summed E-state index contributed by atoms with van der Waals surface area (Å²) in [6.45, 7) is 4.41. The van der Waals surface area contributed by atoms with Gasteiger partial charge in [0.05, 0.1) is 17.8 Å². The number of amides is 1. The van der Waals surface area contributed by atoms with Crippen LogP contribution in [0.1, 0.15) is 29.9 Å². The number of rotatable bonds is 6. The lowest BCUT2D eigenvalue weighted by atomic mass is 10.1. The van der Waals surface area contributed by atoms with Gasteiger partial charge in [-0.2, -0.15) is 0 Å². The summed E-state index contributed by atoms with van der Waals surface area (Å²) in [5.41, 5.74) is 5.23. The van der Waals surface area contributed by atoms with Crippen LogP contribution in [0.5, 0.6) is 5.75 Å². The highest BCUT2D eigenvalue weighted by atomic mass is 16.5. The number of hydrogen-bond acceptors (Lipinski definition) is 4. The molecule has 0 aliphatic rings. The van der Waals surface area contributed by atoms with Gasteiger partial charge in [0.1, 0.15) is 17.1 Å². The van der Waals surface area contributed by atoms with Crippen LogP contribution in [-0.2, 0) is 6.54 Å². The third kappa shape index (κ3) is 4.41. The van der Waals surface area contributed by atoms with E-state index in [1.165, 1.54) is 0 Å². The average Bonchev–Trinajstić information content (AvgIpc) is 3.26. The van der Waals surface area contributed by atoms with Crippen LogP contribution in [0.2, 0.25) is 0 Å². The van der Waals surface area contributed by atoms with Gasteiger partial charge in [-0.1, -0.05) is 24.3 Å². The van der Waals surface area contributed by atoms with Crippen molar-refractivity contribution >= 4 is 22.5 Å². The Morgan fingerprint density at radius 1 is 1.00 bits per heavy atom. The van der Waals surface area contributed by atoms with Gasteiger partial charge in [0.2, 0.25) is 0 Å². The van der Waals surface area contributed by atoms with Crippen LogP contribution in [0.4, 0.5) is 0 Å². The van der Waals surface area contributed by atoms with Crippen molar-refractivity contribution in [3.05, 3.63) is 96.6 Å². The Hall–Kier alpha value is -4.19. The summed E-state index contributed by atoms with van der Waals surface area (Å²) in [6.07, 6.45) is 5.48. The summed E-state index contributed by atoms with van der Waals surface area (Å²) < 4.78 is 7.50. The van der Waals surface area contributed by atoms with E-state index < -0.39 is 0 Å².